The highest BCUT2D eigenvalue weighted by Crippen LogP contribution is 2.40. The van der Waals surface area contributed by atoms with Crippen LogP contribution in [0.3, 0.4) is 0 Å². The first-order valence-electron chi connectivity index (χ1n) is 7.85. The van der Waals surface area contributed by atoms with Gasteiger partial charge in [0.25, 0.3) is 5.91 Å². The molecule has 0 spiro atoms. The summed E-state index contributed by atoms with van der Waals surface area (Å²) in [6.07, 6.45) is 3.50. The smallest absolute Gasteiger partial charge is 0.282 e. The van der Waals surface area contributed by atoms with Crippen molar-refractivity contribution in [3.8, 4) is 0 Å². The van der Waals surface area contributed by atoms with Gasteiger partial charge in [0.15, 0.2) is 5.69 Å². The Labute approximate surface area is 128 Å². The van der Waals surface area contributed by atoms with Gasteiger partial charge in [-0.15, -0.1) is 0 Å². The zero-order chi connectivity index (χ0) is 15.5. The van der Waals surface area contributed by atoms with Gasteiger partial charge in [-0.2, -0.15) is 0 Å². The standard InChI is InChI=1S/C15H21N3O4/c19-8-5-14(20)18(11-3-6-16-7-4-11)15(21)12-9-13(22-17-12)10-1-2-10/h9-11,16,19H,1-8H2. The molecule has 0 atom stereocenters. The van der Waals surface area contributed by atoms with E-state index in [9.17, 15) is 9.59 Å². The molecule has 22 heavy (non-hydrogen) atoms. The summed E-state index contributed by atoms with van der Waals surface area (Å²) in [5.41, 5.74) is 0.187. The highest BCUT2D eigenvalue weighted by atomic mass is 16.5. The van der Waals surface area contributed by atoms with Gasteiger partial charge in [-0.05, 0) is 38.8 Å². The second-order valence-corrected chi connectivity index (χ2v) is 5.91. The quantitative estimate of drug-likeness (QED) is 0.829. The first-order valence-corrected chi connectivity index (χ1v) is 7.85. The first kappa shape index (κ1) is 15.2. The second kappa shape index (κ2) is 6.58. The van der Waals surface area contributed by atoms with E-state index in [2.05, 4.69) is 10.5 Å². The molecular formula is C15H21N3O4. The highest BCUT2D eigenvalue weighted by Gasteiger charge is 2.34. The molecule has 0 radical (unpaired) electrons. The lowest BCUT2D eigenvalue weighted by Crippen LogP contribution is -2.49. The Morgan fingerprint density at radius 1 is 1.32 bits per heavy atom. The zero-order valence-electron chi connectivity index (χ0n) is 12.5. The van der Waals surface area contributed by atoms with Gasteiger partial charge in [0.1, 0.15) is 5.76 Å². The molecular weight excluding hydrogens is 286 g/mol. The van der Waals surface area contributed by atoms with Crippen LogP contribution >= 0.6 is 0 Å². The predicted molar refractivity (Wildman–Crippen MR) is 77.2 cm³/mol. The van der Waals surface area contributed by atoms with Crippen molar-refractivity contribution >= 4 is 11.8 Å². The predicted octanol–water partition coefficient (Wildman–Crippen LogP) is 0.655. The van der Waals surface area contributed by atoms with Crippen molar-refractivity contribution in [2.45, 2.75) is 44.1 Å². The fourth-order valence-corrected chi connectivity index (χ4v) is 2.84. The third-order valence-electron chi connectivity index (χ3n) is 4.21. The number of rotatable bonds is 5. The van der Waals surface area contributed by atoms with Crippen LogP contribution in [0.1, 0.15) is 54.3 Å². The second-order valence-electron chi connectivity index (χ2n) is 5.91. The van der Waals surface area contributed by atoms with Crippen LogP contribution in [0.15, 0.2) is 10.6 Å². The number of aromatic nitrogens is 1. The van der Waals surface area contributed by atoms with E-state index in [-0.39, 0.29) is 30.7 Å². The normalized spacial score (nSPS) is 19.1. The Hall–Kier alpha value is -1.73. The summed E-state index contributed by atoms with van der Waals surface area (Å²) < 4.78 is 5.22. The number of hydrogen-bond donors (Lipinski definition) is 2. The molecule has 1 aromatic rings. The monoisotopic (exact) mass is 307 g/mol. The van der Waals surface area contributed by atoms with Crippen molar-refractivity contribution in [1.29, 1.82) is 0 Å². The minimum atomic E-state index is -0.416. The van der Waals surface area contributed by atoms with Crippen LogP contribution in [-0.2, 0) is 4.79 Å². The molecule has 3 rings (SSSR count). The number of aliphatic hydroxyl groups is 1. The lowest BCUT2D eigenvalue weighted by Gasteiger charge is -2.32. The molecule has 1 aliphatic carbocycles. The number of carbonyl (C=O) groups is 2. The van der Waals surface area contributed by atoms with Crippen LogP contribution in [-0.4, -0.2) is 52.7 Å². The SMILES string of the molecule is O=C(CCO)N(C(=O)c1cc(C2CC2)on1)C1CCNCC1. The summed E-state index contributed by atoms with van der Waals surface area (Å²) >= 11 is 0. The molecule has 1 saturated carbocycles. The van der Waals surface area contributed by atoms with E-state index >= 15 is 0 Å². The lowest BCUT2D eigenvalue weighted by molar-refractivity contribution is -0.131. The summed E-state index contributed by atoms with van der Waals surface area (Å²) in [6, 6.07) is 1.51. The van der Waals surface area contributed by atoms with E-state index in [1.54, 1.807) is 6.07 Å². The van der Waals surface area contributed by atoms with Gasteiger partial charge in [-0.3, -0.25) is 14.5 Å². The molecule has 1 aliphatic heterocycles. The summed E-state index contributed by atoms with van der Waals surface area (Å²) in [7, 11) is 0. The summed E-state index contributed by atoms with van der Waals surface area (Å²) in [4.78, 5) is 26.2. The molecule has 1 aromatic heterocycles. The Balaban J connectivity index is 1.79. The van der Waals surface area contributed by atoms with Crippen molar-refractivity contribution in [2.24, 2.45) is 0 Å². The largest absolute Gasteiger partial charge is 0.396 e. The fourth-order valence-electron chi connectivity index (χ4n) is 2.84. The maximum Gasteiger partial charge on any atom is 0.282 e. The van der Waals surface area contributed by atoms with Crippen LogP contribution in [0.4, 0.5) is 0 Å². The molecule has 2 N–H and O–H groups in total. The van der Waals surface area contributed by atoms with Crippen molar-refractivity contribution in [3.63, 3.8) is 0 Å². The first-order chi connectivity index (χ1) is 10.7. The number of piperidine rings is 1. The van der Waals surface area contributed by atoms with E-state index in [1.807, 2.05) is 0 Å². The molecule has 2 aliphatic rings. The van der Waals surface area contributed by atoms with Crippen molar-refractivity contribution < 1.29 is 19.2 Å². The van der Waals surface area contributed by atoms with E-state index in [4.69, 9.17) is 9.63 Å². The topological polar surface area (TPSA) is 95.7 Å². The number of carbonyl (C=O) groups excluding carboxylic acids is 2. The lowest BCUT2D eigenvalue weighted by atomic mass is 10.0. The maximum atomic E-state index is 12.7. The third-order valence-corrected chi connectivity index (χ3v) is 4.21. The number of nitrogens with one attached hydrogen (secondary N) is 1. The summed E-state index contributed by atoms with van der Waals surface area (Å²) in [5.74, 6) is 0.328. The van der Waals surface area contributed by atoms with E-state index in [0.717, 1.165) is 44.5 Å². The molecule has 1 saturated heterocycles. The number of hydrogen-bond acceptors (Lipinski definition) is 6. The van der Waals surface area contributed by atoms with Gasteiger partial charge in [-0.25, -0.2) is 0 Å². The van der Waals surface area contributed by atoms with Gasteiger partial charge in [-0.1, -0.05) is 5.16 Å². The van der Waals surface area contributed by atoms with E-state index in [0.29, 0.717) is 5.92 Å². The molecule has 0 bridgehead atoms. The van der Waals surface area contributed by atoms with Crippen LogP contribution in [0.2, 0.25) is 0 Å². The molecule has 7 heteroatoms. The number of nitrogens with zero attached hydrogens (tertiary/aromatic N) is 2. The zero-order valence-corrected chi connectivity index (χ0v) is 12.5. The summed E-state index contributed by atoms with van der Waals surface area (Å²) in [5, 5.41) is 16.1. The molecule has 2 heterocycles. The molecule has 120 valence electrons. The van der Waals surface area contributed by atoms with Gasteiger partial charge < -0.3 is 14.9 Å². The Morgan fingerprint density at radius 2 is 2.05 bits per heavy atom. The van der Waals surface area contributed by atoms with Crippen LogP contribution in [0, 0.1) is 0 Å². The van der Waals surface area contributed by atoms with Gasteiger partial charge in [0.2, 0.25) is 5.91 Å². The molecule has 0 aromatic carbocycles. The molecule has 7 nitrogen and oxygen atoms in total. The summed E-state index contributed by atoms with van der Waals surface area (Å²) in [6.45, 7) is 1.28. The van der Waals surface area contributed by atoms with E-state index < -0.39 is 5.91 Å². The van der Waals surface area contributed by atoms with Crippen molar-refractivity contribution in [2.75, 3.05) is 19.7 Å². The van der Waals surface area contributed by atoms with E-state index in [1.165, 1.54) is 4.90 Å². The fraction of sp³-hybridized carbons (Fsp3) is 0.667. The average molecular weight is 307 g/mol. The Morgan fingerprint density at radius 3 is 2.68 bits per heavy atom. The number of amides is 2. The van der Waals surface area contributed by atoms with Crippen LogP contribution in [0.25, 0.3) is 0 Å². The van der Waals surface area contributed by atoms with Crippen molar-refractivity contribution in [3.05, 3.63) is 17.5 Å². The Bertz CT molecular complexity index is 547. The van der Waals surface area contributed by atoms with Gasteiger partial charge in [0.05, 0.1) is 13.0 Å². The molecule has 0 unspecified atom stereocenters. The Kier molecular flexibility index (Phi) is 4.54. The van der Waals surface area contributed by atoms with Gasteiger partial charge >= 0.3 is 0 Å². The van der Waals surface area contributed by atoms with Gasteiger partial charge in [0, 0.05) is 18.0 Å². The average Bonchev–Trinajstić information content (AvgIpc) is 3.26. The van der Waals surface area contributed by atoms with Crippen LogP contribution < -0.4 is 5.32 Å². The third kappa shape index (κ3) is 3.20. The maximum absolute atomic E-state index is 12.7. The molecule has 2 amide bonds. The minimum Gasteiger partial charge on any atom is -0.396 e. The highest BCUT2D eigenvalue weighted by molar-refractivity contribution is 6.04. The van der Waals surface area contributed by atoms with Crippen molar-refractivity contribution in [1.82, 2.24) is 15.4 Å². The molecule has 2 fully saturated rings. The number of imide groups is 1. The van der Waals surface area contributed by atoms with Crippen LogP contribution in [0.5, 0.6) is 0 Å². The minimum absolute atomic E-state index is 0.0526. The number of aliphatic hydroxyl groups excluding tert-OH is 1.